The first-order chi connectivity index (χ1) is 2.91. The van der Waals surface area contributed by atoms with Gasteiger partial charge in [-0.15, -0.1) is 0 Å². The number of allylic oxidation sites excluding steroid dienone is 1. The van der Waals surface area contributed by atoms with Crippen LogP contribution in [-0.2, 0) is 4.79 Å². The molecule has 0 amide bonds. The van der Waals surface area contributed by atoms with Gasteiger partial charge in [0.15, 0.2) is 0 Å². The summed E-state index contributed by atoms with van der Waals surface area (Å²) in [6.07, 6.45) is 3.24. The van der Waals surface area contributed by atoms with Gasteiger partial charge >= 0.3 is 0 Å². The summed E-state index contributed by atoms with van der Waals surface area (Å²) in [5.74, 6) is 0. The van der Waals surface area contributed by atoms with Crippen LogP contribution in [0.1, 0.15) is 6.42 Å². The van der Waals surface area contributed by atoms with Crippen LogP contribution in [0.2, 0.25) is 0 Å². The van der Waals surface area contributed by atoms with Gasteiger partial charge in [0.05, 0.1) is 6.26 Å². The van der Waals surface area contributed by atoms with Crippen LogP contribution in [0.3, 0.4) is 0 Å². The molecular weight excluding hydrogens is 80.0 g/mol. The summed E-state index contributed by atoms with van der Waals surface area (Å²) >= 11 is 0. The molecule has 0 saturated carbocycles. The van der Waals surface area contributed by atoms with Crippen LogP contribution in [0, 0.1) is 0 Å². The van der Waals surface area contributed by atoms with Crippen molar-refractivity contribution in [3.63, 3.8) is 0 Å². The standard InChI is InChI=1S/C4H6O2/c5-3-1-2-4-6/h1,3-5H,2H2. The zero-order valence-electron chi connectivity index (χ0n) is 3.29. The third-order valence-corrected chi connectivity index (χ3v) is 0.338. The van der Waals surface area contributed by atoms with E-state index in [1.165, 1.54) is 6.08 Å². The molecule has 0 heterocycles. The molecule has 6 heavy (non-hydrogen) atoms. The maximum Gasteiger partial charge on any atom is 0.123 e. The molecule has 0 aliphatic heterocycles. The zero-order chi connectivity index (χ0) is 4.83. The molecule has 0 fully saturated rings. The molecule has 0 aliphatic carbocycles. The first-order valence-corrected chi connectivity index (χ1v) is 1.64. The average Bonchev–Trinajstić information content (AvgIpc) is 1.61. The number of hydrogen-bond donors (Lipinski definition) is 1. The summed E-state index contributed by atoms with van der Waals surface area (Å²) in [6, 6.07) is 0. The van der Waals surface area contributed by atoms with Gasteiger partial charge in [0.1, 0.15) is 6.29 Å². The maximum atomic E-state index is 9.40. The van der Waals surface area contributed by atoms with Gasteiger partial charge in [-0.05, 0) is 6.08 Å². The predicted octanol–water partition coefficient (Wildman–Crippen LogP) is 0.647. The second kappa shape index (κ2) is 4.21. The lowest BCUT2D eigenvalue weighted by molar-refractivity contribution is -0.107. The van der Waals surface area contributed by atoms with E-state index in [-0.39, 0.29) is 0 Å². The quantitative estimate of drug-likeness (QED) is 0.395. The van der Waals surface area contributed by atoms with Crippen molar-refractivity contribution in [2.24, 2.45) is 0 Å². The first-order valence-electron chi connectivity index (χ1n) is 1.64. The van der Waals surface area contributed by atoms with Crippen molar-refractivity contribution in [3.8, 4) is 0 Å². The molecule has 0 unspecified atom stereocenters. The number of hydrogen-bond acceptors (Lipinski definition) is 2. The van der Waals surface area contributed by atoms with Crippen LogP contribution >= 0.6 is 0 Å². The van der Waals surface area contributed by atoms with Gasteiger partial charge in [-0.2, -0.15) is 0 Å². The number of carbonyl (C=O) groups excluding carboxylic acids is 1. The largest absolute Gasteiger partial charge is 0.516 e. The molecule has 1 N–H and O–H groups in total. The number of aldehydes is 1. The van der Waals surface area contributed by atoms with Crippen molar-refractivity contribution in [2.75, 3.05) is 0 Å². The van der Waals surface area contributed by atoms with Crippen molar-refractivity contribution in [1.82, 2.24) is 0 Å². The Hall–Kier alpha value is -0.790. The minimum atomic E-state index is 0.302. The summed E-state index contributed by atoms with van der Waals surface area (Å²) in [5.41, 5.74) is 0. The number of rotatable bonds is 2. The third-order valence-electron chi connectivity index (χ3n) is 0.338. The number of aliphatic hydroxyl groups excluding tert-OH is 1. The molecule has 0 aliphatic rings. The minimum absolute atomic E-state index is 0.302. The Labute approximate surface area is 36.1 Å². The molecule has 0 aromatic heterocycles. The van der Waals surface area contributed by atoms with Crippen LogP contribution < -0.4 is 0 Å². The SMILES string of the molecule is O=CCC=CO. The van der Waals surface area contributed by atoms with Gasteiger partial charge in [0.25, 0.3) is 0 Å². The monoisotopic (exact) mass is 86.0 g/mol. The van der Waals surface area contributed by atoms with Crippen molar-refractivity contribution >= 4 is 6.29 Å². The Kier molecular flexibility index (Phi) is 3.66. The fourth-order valence-electron chi connectivity index (χ4n) is 0.116. The molecule has 2 nitrogen and oxygen atoms in total. The molecule has 0 aromatic rings. The highest BCUT2D eigenvalue weighted by Crippen LogP contribution is 1.69. The van der Waals surface area contributed by atoms with E-state index >= 15 is 0 Å². The third kappa shape index (κ3) is 3.21. The van der Waals surface area contributed by atoms with E-state index in [1.807, 2.05) is 0 Å². The second-order valence-electron chi connectivity index (χ2n) is 0.787. The lowest BCUT2D eigenvalue weighted by Gasteiger charge is -1.66. The topological polar surface area (TPSA) is 37.3 Å². The molecule has 0 atom stereocenters. The lowest BCUT2D eigenvalue weighted by Crippen LogP contribution is -1.62. The van der Waals surface area contributed by atoms with Crippen LogP contribution in [0.25, 0.3) is 0 Å². The Morgan fingerprint density at radius 1 is 1.67 bits per heavy atom. The van der Waals surface area contributed by atoms with Gasteiger partial charge in [-0.1, -0.05) is 0 Å². The predicted molar refractivity (Wildman–Crippen MR) is 22.4 cm³/mol. The fraction of sp³-hybridized carbons (Fsp3) is 0.250. The molecule has 2 heteroatoms. The van der Waals surface area contributed by atoms with Crippen LogP contribution in [0.4, 0.5) is 0 Å². The minimum Gasteiger partial charge on any atom is -0.516 e. The van der Waals surface area contributed by atoms with Crippen LogP contribution in [0.5, 0.6) is 0 Å². The first kappa shape index (κ1) is 5.21. The van der Waals surface area contributed by atoms with Crippen molar-refractivity contribution < 1.29 is 9.90 Å². The maximum absolute atomic E-state index is 9.40. The van der Waals surface area contributed by atoms with Gasteiger partial charge in [0.2, 0.25) is 0 Å². The highest BCUT2D eigenvalue weighted by atomic mass is 16.2. The van der Waals surface area contributed by atoms with E-state index in [2.05, 4.69) is 0 Å². The van der Waals surface area contributed by atoms with Crippen molar-refractivity contribution in [3.05, 3.63) is 12.3 Å². The highest BCUT2D eigenvalue weighted by molar-refractivity contribution is 5.51. The van der Waals surface area contributed by atoms with Gasteiger partial charge in [-0.25, -0.2) is 0 Å². The van der Waals surface area contributed by atoms with Gasteiger partial charge in [-0.3, -0.25) is 0 Å². The van der Waals surface area contributed by atoms with Crippen LogP contribution in [-0.4, -0.2) is 11.4 Å². The summed E-state index contributed by atoms with van der Waals surface area (Å²) < 4.78 is 0. The van der Waals surface area contributed by atoms with E-state index in [4.69, 9.17) is 5.11 Å². The van der Waals surface area contributed by atoms with Gasteiger partial charge < -0.3 is 9.90 Å². The molecular formula is C4H6O2. The van der Waals surface area contributed by atoms with Crippen LogP contribution in [0.15, 0.2) is 12.3 Å². The number of carbonyl (C=O) groups is 1. The Morgan fingerprint density at radius 3 is 2.50 bits per heavy atom. The second-order valence-corrected chi connectivity index (χ2v) is 0.787. The molecule has 0 spiro atoms. The van der Waals surface area contributed by atoms with Gasteiger partial charge in [0, 0.05) is 6.42 Å². The lowest BCUT2D eigenvalue weighted by atomic mass is 10.5. The number of aliphatic hydroxyl groups is 1. The normalized spacial score (nSPS) is 9.33. The summed E-state index contributed by atoms with van der Waals surface area (Å²) in [6.45, 7) is 0. The van der Waals surface area contributed by atoms with E-state index in [0.29, 0.717) is 12.7 Å². The van der Waals surface area contributed by atoms with E-state index in [9.17, 15) is 4.79 Å². The molecule has 34 valence electrons. The zero-order valence-corrected chi connectivity index (χ0v) is 3.29. The molecule has 0 saturated heterocycles. The fourth-order valence-corrected chi connectivity index (χ4v) is 0.116. The Bertz CT molecular complexity index is 56.6. The summed E-state index contributed by atoms with van der Waals surface area (Å²) in [7, 11) is 0. The Balaban J connectivity index is 2.85. The van der Waals surface area contributed by atoms with Crippen molar-refractivity contribution in [1.29, 1.82) is 0 Å². The average molecular weight is 86.1 g/mol. The highest BCUT2D eigenvalue weighted by Gasteiger charge is 1.64. The van der Waals surface area contributed by atoms with E-state index in [0.717, 1.165) is 6.26 Å². The smallest absolute Gasteiger partial charge is 0.123 e. The van der Waals surface area contributed by atoms with E-state index in [1.54, 1.807) is 0 Å². The van der Waals surface area contributed by atoms with E-state index < -0.39 is 0 Å². The molecule has 0 aromatic carbocycles. The molecule has 0 rings (SSSR count). The Morgan fingerprint density at radius 2 is 2.33 bits per heavy atom. The summed E-state index contributed by atoms with van der Waals surface area (Å²) in [5, 5.41) is 7.86. The molecule has 0 radical (unpaired) electrons. The summed E-state index contributed by atoms with van der Waals surface area (Å²) in [4.78, 5) is 9.40. The molecule has 0 bridgehead atoms. The van der Waals surface area contributed by atoms with Crippen molar-refractivity contribution in [2.45, 2.75) is 6.42 Å².